The van der Waals surface area contributed by atoms with Gasteiger partial charge in [0.15, 0.2) is 5.78 Å². The summed E-state index contributed by atoms with van der Waals surface area (Å²) in [5, 5.41) is 12.9. The number of hydrogen-bond acceptors (Lipinski definition) is 8. The molecule has 332 valence electrons. The van der Waals surface area contributed by atoms with Gasteiger partial charge in [0, 0.05) is 39.3 Å². The number of nitrogens with zero attached hydrogens (tertiary/aromatic N) is 1. The Morgan fingerprint density at radius 2 is 1.73 bits per heavy atom. The smallest absolute Gasteiger partial charge is 0.326 e. The van der Waals surface area contributed by atoms with Crippen molar-refractivity contribution in [2.75, 3.05) is 20.7 Å². The number of ketones is 3. The number of Topliss-reactive ketones (excluding diaryl/α,β-unsaturated/α-hetero) is 3. The Balaban J connectivity index is 1.35. The fourth-order valence-electron chi connectivity index (χ4n) is 9.20. The maximum atomic E-state index is 13.4. The van der Waals surface area contributed by atoms with Gasteiger partial charge in [-0.2, -0.15) is 0 Å². The third kappa shape index (κ3) is 17.0. The molecule has 0 aromatic rings. The Kier molecular flexibility index (Phi) is 22.3. The lowest BCUT2D eigenvalue weighted by Gasteiger charge is -2.44. The Bertz CT molecular complexity index is 1500. The number of carboxylic acid groups (broad SMARTS) is 1. The summed E-state index contributed by atoms with van der Waals surface area (Å²) in [4.78, 5) is 65.2. The highest BCUT2D eigenvalue weighted by Crippen LogP contribution is 2.37. The van der Waals surface area contributed by atoms with E-state index in [1.165, 1.54) is 43.4 Å². The number of carbonyl (C=O) groups is 5. The van der Waals surface area contributed by atoms with Gasteiger partial charge in [0.1, 0.15) is 29.8 Å². The Hall–Kier alpha value is -3.21. The van der Waals surface area contributed by atoms with Crippen molar-refractivity contribution in [2.45, 2.75) is 187 Å². The van der Waals surface area contributed by atoms with Crippen LogP contribution in [0.5, 0.6) is 0 Å². The molecular formula is C49H78N2O8. The Morgan fingerprint density at radius 3 is 2.44 bits per heavy atom. The molecule has 3 aliphatic rings. The SMILES string of the molecule is CC[C@H]1CCCC(C[C@@H](C)CCC(=O)C/C=C(\C)C[C@@H](OC)C(=O)CCC/C=C/C=C/C=C(\C)CC[C@]2(NC)CC[C@@H](C)C(C(=O)C(=O)N3CCCCC3C(=O)O)O2)C1. The molecule has 2 N–H and O–H groups in total. The van der Waals surface area contributed by atoms with Crippen LogP contribution in [0.4, 0.5) is 0 Å². The number of likely N-dealkylation sites (tertiary alicyclic amines) is 1. The van der Waals surface area contributed by atoms with Crippen molar-refractivity contribution in [2.24, 2.45) is 23.7 Å². The number of hydrogen-bond donors (Lipinski definition) is 2. The molecule has 2 heterocycles. The van der Waals surface area contributed by atoms with E-state index in [0.29, 0.717) is 70.1 Å². The molecule has 10 heteroatoms. The number of carbonyl (C=O) groups excluding carboxylic acids is 4. The summed E-state index contributed by atoms with van der Waals surface area (Å²) >= 11 is 0. The largest absolute Gasteiger partial charge is 0.480 e. The highest BCUT2D eigenvalue weighted by molar-refractivity contribution is 6.38. The van der Waals surface area contributed by atoms with Crippen LogP contribution in [0.1, 0.15) is 163 Å². The second-order valence-corrected chi connectivity index (χ2v) is 18.1. The number of unbranched alkanes of at least 4 members (excludes halogenated alkanes) is 1. The molecule has 0 aromatic carbocycles. The van der Waals surface area contributed by atoms with E-state index >= 15 is 0 Å². The molecule has 3 unspecified atom stereocenters. The molecule has 8 atom stereocenters. The van der Waals surface area contributed by atoms with Crippen LogP contribution in [-0.2, 0) is 33.4 Å². The molecule has 1 amide bonds. The van der Waals surface area contributed by atoms with E-state index in [9.17, 15) is 29.1 Å². The number of aliphatic carboxylic acids is 1. The first-order chi connectivity index (χ1) is 28.2. The standard InChI is InChI=1S/C49H78N2O8/c1-8-39-19-17-20-40(34-39)32-36(3)23-25-41(52)26-24-37(4)33-44(58-7)43(53)22-14-12-10-9-11-13-18-35(2)27-29-49(50-6)30-28-38(5)46(59-49)45(54)47(55)51-31-16-15-21-42(51)48(56)57/h9-11,13,18,24,36,38-40,42,44,46,50H,8,12,14-17,19-23,25-34H2,1-7H3,(H,56,57)/b10-9+,13-11+,35-18+,37-24+/t36-,38+,39-,40?,42?,44+,46?,49+/m0/s1. The summed E-state index contributed by atoms with van der Waals surface area (Å²) in [6.07, 6.45) is 27.5. The van der Waals surface area contributed by atoms with Gasteiger partial charge in [-0.25, -0.2) is 4.79 Å². The molecular weight excluding hydrogens is 745 g/mol. The third-order valence-electron chi connectivity index (χ3n) is 13.3. The van der Waals surface area contributed by atoms with Crippen molar-refractivity contribution in [3.05, 3.63) is 47.6 Å². The lowest BCUT2D eigenvalue weighted by Crippen LogP contribution is -2.58. The second-order valence-electron chi connectivity index (χ2n) is 18.1. The van der Waals surface area contributed by atoms with Gasteiger partial charge in [0.2, 0.25) is 5.78 Å². The van der Waals surface area contributed by atoms with Crippen LogP contribution in [0.2, 0.25) is 0 Å². The lowest BCUT2D eigenvalue weighted by atomic mass is 9.76. The molecule has 3 fully saturated rings. The van der Waals surface area contributed by atoms with Gasteiger partial charge < -0.3 is 19.5 Å². The monoisotopic (exact) mass is 823 g/mol. The molecule has 3 rings (SSSR count). The first-order valence-corrected chi connectivity index (χ1v) is 22.9. The molecule has 0 radical (unpaired) electrons. The van der Waals surface area contributed by atoms with E-state index in [4.69, 9.17) is 9.47 Å². The fourth-order valence-corrected chi connectivity index (χ4v) is 9.20. The van der Waals surface area contributed by atoms with Crippen LogP contribution in [0, 0.1) is 23.7 Å². The number of ether oxygens (including phenoxy) is 2. The average molecular weight is 823 g/mol. The predicted octanol–water partition coefficient (Wildman–Crippen LogP) is 9.66. The van der Waals surface area contributed by atoms with Gasteiger partial charge in [-0.3, -0.25) is 24.5 Å². The zero-order valence-corrected chi connectivity index (χ0v) is 37.6. The van der Waals surface area contributed by atoms with Crippen LogP contribution in [0.3, 0.4) is 0 Å². The molecule has 10 nitrogen and oxygen atoms in total. The molecule has 59 heavy (non-hydrogen) atoms. The summed E-state index contributed by atoms with van der Waals surface area (Å²) in [5.74, 6) is 0.0135. The number of amides is 1. The van der Waals surface area contributed by atoms with Crippen LogP contribution < -0.4 is 5.32 Å². The Labute approximate surface area is 356 Å². The van der Waals surface area contributed by atoms with Crippen molar-refractivity contribution >= 4 is 29.2 Å². The van der Waals surface area contributed by atoms with Gasteiger partial charge in [-0.15, -0.1) is 0 Å². The predicted molar refractivity (Wildman–Crippen MR) is 235 cm³/mol. The number of rotatable bonds is 25. The number of piperidine rings is 1. The number of allylic oxidation sites excluding steroid dienone is 7. The van der Waals surface area contributed by atoms with Crippen LogP contribution in [0.15, 0.2) is 47.6 Å². The van der Waals surface area contributed by atoms with E-state index in [-0.39, 0.29) is 24.0 Å². The van der Waals surface area contributed by atoms with E-state index < -0.39 is 41.6 Å². The molecule has 0 aromatic heterocycles. The van der Waals surface area contributed by atoms with Crippen LogP contribution >= 0.6 is 0 Å². The van der Waals surface area contributed by atoms with Crippen molar-refractivity contribution in [1.82, 2.24) is 10.2 Å². The topological polar surface area (TPSA) is 139 Å². The maximum Gasteiger partial charge on any atom is 0.326 e. The van der Waals surface area contributed by atoms with Gasteiger partial charge in [-0.1, -0.05) is 94.1 Å². The van der Waals surface area contributed by atoms with E-state index in [1.54, 1.807) is 14.2 Å². The zero-order chi connectivity index (χ0) is 43.4. The van der Waals surface area contributed by atoms with Crippen LogP contribution in [0.25, 0.3) is 0 Å². The minimum atomic E-state index is -1.08. The van der Waals surface area contributed by atoms with Gasteiger partial charge >= 0.3 is 5.97 Å². The van der Waals surface area contributed by atoms with Gasteiger partial charge in [-0.05, 0) is 122 Å². The quantitative estimate of drug-likeness (QED) is 0.0399. The lowest BCUT2D eigenvalue weighted by molar-refractivity contribution is -0.184. The molecule has 1 saturated carbocycles. The minimum Gasteiger partial charge on any atom is -0.480 e. The molecule has 2 saturated heterocycles. The number of methoxy groups -OCH3 is 1. The van der Waals surface area contributed by atoms with Gasteiger partial charge in [0.05, 0.1) is 0 Å². The van der Waals surface area contributed by atoms with Crippen molar-refractivity contribution < 1.29 is 38.6 Å². The summed E-state index contributed by atoms with van der Waals surface area (Å²) in [6, 6.07) is -0.970. The van der Waals surface area contributed by atoms with E-state index in [0.717, 1.165) is 48.7 Å². The van der Waals surface area contributed by atoms with Crippen molar-refractivity contribution in [3.8, 4) is 0 Å². The molecule has 0 spiro atoms. The number of nitrogens with one attached hydrogen (secondary N) is 1. The zero-order valence-electron chi connectivity index (χ0n) is 37.6. The van der Waals surface area contributed by atoms with E-state index in [2.05, 4.69) is 25.2 Å². The summed E-state index contributed by atoms with van der Waals surface area (Å²) in [7, 11) is 3.39. The summed E-state index contributed by atoms with van der Waals surface area (Å²) in [6.45, 7) is 10.8. The van der Waals surface area contributed by atoms with Gasteiger partial charge in [0.25, 0.3) is 5.91 Å². The molecule has 0 bridgehead atoms. The first-order valence-electron chi connectivity index (χ1n) is 22.9. The third-order valence-corrected chi connectivity index (χ3v) is 13.3. The first kappa shape index (κ1) is 50.1. The van der Waals surface area contributed by atoms with E-state index in [1.807, 2.05) is 51.2 Å². The highest BCUT2D eigenvalue weighted by atomic mass is 16.5. The number of carboxylic acids is 1. The Morgan fingerprint density at radius 1 is 0.966 bits per heavy atom. The molecule has 2 aliphatic heterocycles. The average Bonchev–Trinajstić information content (AvgIpc) is 3.24. The van der Waals surface area contributed by atoms with Crippen molar-refractivity contribution in [3.63, 3.8) is 0 Å². The highest BCUT2D eigenvalue weighted by Gasteiger charge is 2.46. The summed E-state index contributed by atoms with van der Waals surface area (Å²) in [5.41, 5.74) is 1.39. The normalized spacial score (nSPS) is 26.9. The minimum absolute atomic E-state index is 0.0859. The second kappa shape index (κ2) is 26.2. The summed E-state index contributed by atoms with van der Waals surface area (Å²) < 4.78 is 11.9. The molecule has 1 aliphatic carbocycles. The fraction of sp³-hybridized carbons (Fsp3) is 0.735. The van der Waals surface area contributed by atoms with Crippen molar-refractivity contribution in [1.29, 1.82) is 0 Å². The maximum absolute atomic E-state index is 13.4. The van der Waals surface area contributed by atoms with Crippen LogP contribution in [-0.4, -0.2) is 83.9 Å².